The lowest BCUT2D eigenvalue weighted by molar-refractivity contribution is 0.372. The number of rotatable bonds is 2. The molecular weight excluding hydrogens is 282 g/mol. The average Bonchev–Trinajstić information content (AvgIpc) is 3.24. The summed E-state index contributed by atoms with van der Waals surface area (Å²) >= 11 is 1.70. The maximum atomic E-state index is 6.20. The second-order valence-electron chi connectivity index (χ2n) is 6.84. The van der Waals surface area contributed by atoms with Crippen LogP contribution in [0.15, 0.2) is 4.52 Å². The fourth-order valence-electron chi connectivity index (χ4n) is 4.71. The molecular formula is C16H19N3OS. The van der Waals surface area contributed by atoms with Gasteiger partial charge in [-0.25, -0.2) is 0 Å². The molecule has 2 fully saturated rings. The van der Waals surface area contributed by atoms with Crippen LogP contribution in [0.25, 0.3) is 11.5 Å². The van der Waals surface area contributed by atoms with E-state index in [0.29, 0.717) is 11.8 Å². The van der Waals surface area contributed by atoms with E-state index in [1.54, 1.807) is 11.3 Å². The molecule has 2 bridgehead atoms. The van der Waals surface area contributed by atoms with Crippen LogP contribution in [0.1, 0.15) is 54.3 Å². The average molecular weight is 301 g/mol. The van der Waals surface area contributed by atoms with Crippen LogP contribution in [-0.4, -0.2) is 10.1 Å². The standard InChI is InChI=1S/C16H19N3OS/c17-14-13(10-2-1-3-12(10)21-14)16-18-15(19-20-16)11-7-8-4-5-9(11)6-8/h8-9,11H,1-7,17H2. The quantitative estimate of drug-likeness (QED) is 0.917. The smallest absolute Gasteiger partial charge is 0.261 e. The summed E-state index contributed by atoms with van der Waals surface area (Å²) in [5, 5.41) is 5.15. The fourth-order valence-corrected chi connectivity index (χ4v) is 5.86. The van der Waals surface area contributed by atoms with Gasteiger partial charge >= 0.3 is 0 Å². The first-order valence-corrected chi connectivity index (χ1v) is 8.85. The Morgan fingerprint density at radius 3 is 2.95 bits per heavy atom. The first-order chi connectivity index (χ1) is 10.3. The van der Waals surface area contributed by atoms with E-state index in [0.717, 1.165) is 41.1 Å². The summed E-state index contributed by atoms with van der Waals surface area (Å²) in [6, 6.07) is 0. The zero-order valence-electron chi connectivity index (χ0n) is 12.0. The molecule has 2 saturated carbocycles. The molecule has 5 heteroatoms. The molecule has 2 heterocycles. The lowest BCUT2D eigenvalue weighted by Gasteiger charge is -2.17. The number of aryl methyl sites for hydroxylation is 1. The number of hydrogen-bond donors (Lipinski definition) is 1. The Bertz CT molecular complexity index is 704. The highest BCUT2D eigenvalue weighted by atomic mass is 32.1. The van der Waals surface area contributed by atoms with E-state index < -0.39 is 0 Å². The summed E-state index contributed by atoms with van der Waals surface area (Å²) in [7, 11) is 0. The molecule has 2 aromatic heterocycles. The summed E-state index contributed by atoms with van der Waals surface area (Å²) in [5.74, 6) is 3.79. The Labute approximate surface area is 127 Å². The number of nitrogens with zero attached hydrogens (tertiary/aromatic N) is 2. The number of hydrogen-bond acceptors (Lipinski definition) is 5. The maximum absolute atomic E-state index is 6.20. The lowest BCUT2D eigenvalue weighted by atomic mass is 9.88. The Balaban J connectivity index is 1.51. The molecule has 0 amide bonds. The molecule has 3 atom stereocenters. The van der Waals surface area contributed by atoms with Crippen molar-refractivity contribution in [1.82, 2.24) is 10.1 Å². The molecule has 2 N–H and O–H groups in total. The van der Waals surface area contributed by atoms with E-state index in [2.05, 4.69) is 5.16 Å². The van der Waals surface area contributed by atoms with Crippen molar-refractivity contribution in [2.45, 2.75) is 50.9 Å². The largest absolute Gasteiger partial charge is 0.390 e. The monoisotopic (exact) mass is 301 g/mol. The SMILES string of the molecule is Nc1sc2c(c1-c1nc(C3CC4CCC3C4)no1)CCC2. The van der Waals surface area contributed by atoms with Gasteiger partial charge in [-0.15, -0.1) is 11.3 Å². The Morgan fingerprint density at radius 1 is 1.19 bits per heavy atom. The van der Waals surface area contributed by atoms with Crippen molar-refractivity contribution in [3.05, 3.63) is 16.3 Å². The van der Waals surface area contributed by atoms with Gasteiger partial charge in [0, 0.05) is 10.8 Å². The molecule has 0 spiro atoms. The number of aromatic nitrogens is 2. The molecule has 0 radical (unpaired) electrons. The molecule has 4 nitrogen and oxygen atoms in total. The summed E-state index contributed by atoms with van der Waals surface area (Å²) in [6.07, 6.45) is 8.83. The van der Waals surface area contributed by atoms with Gasteiger partial charge in [-0.2, -0.15) is 4.98 Å². The molecule has 0 saturated heterocycles. The Morgan fingerprint density at radius 2 is 2.14 bits per heavy atom. The van der Waals surface area contributed by atoms with Crippen molar-refractivity contribution >= 4 is 16.3 Å². The predicted octanol–water partition coefficient (Wildman–Crippen LogP) is 3.77. The van der Waals surface area contributed by atoms with Gasteiger partial charge in [-0.3, -0.25) is 0 Å². The topological polar surface area (TPSA) is 64.9 Å². The first kappa shape index (κ1) is 12.2. The molecule has 3 unspecified atom stereocenters. The van der Waals surface area contributed by atoms with Crippen LogP contribution in [0.3, 0.4) is 0 Å². The van der Waals surface area contributed by atoms with Gasteiger partial charge in [0.25, 0.3) is 5.89 Å². The third-order valence-corrected chi connectivity index (χ3v) is 6.79. The molecule has 21 heavy (non-hydrogen) atoms. The lowest BCUT2D eigenvalue weighted by Crippen LogP contribution is -2.09. The summed E-state index contributed by atoms with van der Waals surface area (Å²) in [4.78, 5) is 6.16. The number of anilines is 1. The minimum Gasteiger partial charge on any atom is -0.390 e. The summed E-state index contributed by atoms with van der Waals surface area (Å²) in [5.41, 5.74) is 8.60. The molecule has 110 valence electrons. The number of nitrogens with two attached hydrogens (primary N) is 1. The zero-order valence-corrected chi connectivity index (χ0v) is 12.8. The molecule has 2 aromatic rings. The van der Waals surface area contributed by atoms with Crippen molar-refractivity contribution in [3.8, 4) is 11.5 Å². The molecule has 3 aliphatic carbocycles. The van der Waals surface area contributed by atoms with Crippen LogP contribution in [0.5, 0.6) is 0 Å². The van der Waals surface area contributed by atoms with E-state index in [9.17, 15) is 0 Å². The number of thiophene rings is 1. The zero-order chi connectivity index (χ0) is 14.0. The fraction of sp³-hybridized carbons (Fsp3) is 0.625. The van der Waals surface area contributed by atoms with Gasteiger partial charge in [0.05, 0.1) is 10.6 Å². The molecule has 0 aliphatic heterocycles. The van der Waals surface area contributed by atoms with Crippen LogP contribution >= 0.6 is 11.3 Å². The van der Waals surface area contributed by atoms with Crippen molar-refractivity contribution in [1.29, 1.82) is 0 Å². The van der Waals surface area contributed by atoms with Gasteiger partial charge in [-0.1, -0.05) is 11.6 Å². The maximum Gasteiger partial charge on any atom is 0.261 e. The normalized spacial score (nSPS) is 30.2. The van der Waals surface area contributed by atoms with Gasteiger partial charge in [0.2, 0.25) is 0 Å². The highest BCUT2D eigenvalue weighted by Crippen LogP contribution is 2.52. The van der Waals surface area contributed by atoms with E-state index in [4.69, 9.17) is 15.2 Å². The number of nitrogen functional groups attached to an aromatic ring is 1. The minimum atomic E-state index is 0.522. The highest BCUT2D eigenvalue weighted by Gasteiger charge is 2.42. The van der Waals surface area contributed by atoms with Gasteiger partial charge in [-0.05, 0) is 55.9 Å². The van der Waals surface area contributed by atoms with Crippen LogP contribution < -0.4 is 5.73 Å². The van der Waals surface area contributed by atoms with E-state index in [-0.39, 0.29) is 0 Å². The summed E-state index contributed by atoms with van der Waals surface area (Å²) in [6.45, 7) is 0. The van der Waals surface area contributed by atoms with Crippen molar-refractivity contribution < 1.29 is 4.52 Å². The van der Waals surface area contributed by atoms with Crippen molar-refractivity contribution in [2.24, 2.45) is 11.8 Å². The second kappa shape index (κ2) is 4.32. The third kappa shape index (κ3) is 1.73. The van der Waals surface area contributed by atoms with E-state index in [1.165, 1.54) is 42.5 Å². The van der Waals surface area contributed by atoms with Crippen molar-refractivity contribution in [3.63, 3.8) is 0 Å². The highest BCUT2D eigenvalue weighted by molar-refractivity contribution is 7.16. The van der Waals surface area contributed by atoms with Gasteiger partial charge in [0.15, 0.2) is 5.82 Å². The second-order valence-corrected chi connectivity index (χ2v) is 7.97. The van der Waals surface area contributed by atoms with Crippen LogP contribution in [0.2, 0.25) is 0 Å². The predicted molar refractivity (Wildman–Crippen MR) is 82.2 cm³/mol. The molecule has 5 rings (SSSR count). The molecule has 0 aromatic carbocycles. The third-order valence-electron chi connectivity index (χ3n) is 5.67. The Hall–Kier alpha value is -1.36. The van der Waals surface area contributed by atoms with E-state index in [1.807, 2.05) is 0 Å². The Kier molecular flexibility index (Phi) is 2.51. The van der Waals surface area contributed by atoms with Gasteiger partial charge in [0.1, 0.15) is 0 Å². The number of fused-ring (bicyclic) bond motifs is 3. The van der Waals surface area contributed by atoms with Crippen LogP contribution in [0.4, 0.5) is 5.00 Å². The van der Waals surface area contributed by atoms with Crippen LogP contribution in [0, 0.1) is 11.8 Å². The van der Waals surface area contributed by atoms with Crippen molar-refractivity contribution in [2.75, 3.05) is 5.73 Å². The minimum absolute atomic E-state index is 0.522. The molecule has 3 aliphatic rings. The summed E-state index contributed by atoms with van der Waals surface area (Å²) < 4.78 is 5.60. The van der Waals surface area contributed by atoms with Gasteiger partial charge < -0.3 is 10.3 Å². The van der Waals surface area contributed by atoms with E-state index >= 15 is 0 Å². The van der Waals surface area contributed by atoms with Crippen LogP contribution in [-0.2, 0) is 12.8 Å². The first-order valence-electron chi connectivity index (χ1n) is 8.03.